The second kappa shape index (κ2) is 8.82. The lowest BCUT2D eigenvalue weighted by Gasteiger charge is -2.30. The van der Waals surface area contributed by atoms with Crippen molar-refractivity contribution in [1.29, 1.82) is 0 Å². The molecule has 0 radical (unpaired) electrons. The van der Waals surface area contributed by atoms with Crippen LogP contribution < -0.4 is 5.56 Å². The number of hydrogen-bond donors (Lipinski definition) is 0. The number of nitrogens with zero attached hydrogens (tertiary/aromatic N) is 3. The zero-order chi connectivity index (χ0) is 20.2. The van der Waals surface area contributed by atoms with Crippen molar-refractivity contribution in [3.05, 3.63) is 70.5 Å². The molecule has 150 valence electrons. The molecule has 0 saturated carbocycles. The molecule has 1 aromatic heterocycles. The van der Waals surface area contributed by atoms with E-state index in [-0.39, 0.29) is 11.5 Å². The zero-order valence-electron chi connectivity index (χ0n) is 16.6. The van der Waals surface area contributed by atoms with Crippen molar-refractivity contribution in [2.45, 2.75) is 43.1 Å². The van der Waals surface area contributed by atoms with E-state index in [9.17, 15) is 9.59 Å². The monoisotopic (exact) mass is 407 g/mol. The van der Waals surface area contributed by atoms with Gasteiger partial charge in [0.15, 0.2) is 5.16 Å². The van der Waals surface area contributed by atoms with Crippen molar-refractivity contribution in [3.8, 4) is 0 Å². The normalized spacial score (nSPS) is 15.4. The zero-order valence-corrected chi connectivity index (χ0v) is 17.4. The third-order valence-corrected chi connectivity index (χ3v) is 6.59. The highest BCUT2D eigenvalue weighted by Crippen LogP contribution is 2.36. The van der Waals surface area contributed by atoms with Gasteiger partial charge in [-0.3, -0.25) is 14.2 Å². The first-order valence-electron chi connectivity index (χ1n) is 10.2. The fraction of sp³-hybridized carbons (Fsp3) is 0.348. The van der Waals surface area contributed by atoms with Gasteiger partial charge in [0, 0.05) is 19.6 Å². The maximum Gasteiger partial charge on any atom is 0.262 e. The SMILES string of the molecule is CCn1c(S[C@H](C(=O)N2CCCCC2)c2ccccc2)nc2ccccc2c1=O. The van der Waals surface area contributed by atoms with Crippen LogP contribution in [0.25, 0.3) is 10.9 Å². The molecule has 1 aliphatic rings. The van der Waals surface area contributed by atoms with Crippen molar-refractivity contribution in [1.82, 2.24) is 14.5 Å². The predicted molar refractivity (Wildman–Crippen MR) is 117 cm³/mol. The molecule has 2 heterocycles. The Morgan fingerprint density at radius 3 is 2.45 bits per heavy atom. The maximum absolute atomic E-state index is 13.4. The highest BCUT2D eigenvalue weighted by atomic mass is 32.2. The number of piperidine rings is 1. The van der Waals surface area contributed by atoms with Gasteiger partial charge in [-0.2, -0.15) is 0 Å². The number of benzene rings is 2. The van der Waals surface area contributed by atoms with E-state index in [1.54, 1.807) is 10.6 Å². The summed E-state index contributed by atoms with van der Waals surface area (Å²) in [6.07, 6.45) is 3.27. The summed E-state index contributed by atoms with van der Waals surface area (Å²) >= 11 is 1.38. The van der Waals surface area contributed by atoms with E-state index in [1.165, 1.54) is 18.2 Å². The second-order valence-corrected chi connectivity index (χ2v) is 8.33. The number of carbonyl (C=O) groups excluding carboxylic acids is 1. The van der Waals surface area contributed by atoms with Crippen molar-refractivity contribution >= 4 is 28.6 Å². The van der Waals surface area contributed by atoms with Gasteiger partial charge in [-0.25, -0.2) is 4.98 Å². The Morgan fingerprint density at radius 2 is 1.72 bits per heavy atom. The lowest BCUT2D eigenvalue weighted by atomic mass is 10.1. The number of para-hydroxylation sites is 1. The van der Waals surface area contributed by atoms with Gasteiger partial charge in [0.2, 0.25) is 5.91 Å². The summed E-state index contributed by atoms with van der Waals surface area (Å²) in [5.74, 6) is 0.103. The Labute approximate surface area is 174 Å². The van der Waals surface area contributed by atoms with Crippen LogP contribution in [0, 0.1) is 0 Å². The topological polar surface area (TPSA) is 55.2 Å². The van der Waals surface area contributed by atoms with Gasteiger partial charge < -0.3 is 4.90 Å². The first-order chi connectivity index (χ1) is 14.2. The lowest BCUT2D eigenvalue weighted by molar-refractivity contribution is -0.131. The molecular formula is C23H25N3O2S. The van der Waals surface area contributed by atoms with E-state index in [2.05, 4.69) is 0 Å². The summed E-state index contributed by atoms with van der Waals surface area (Å²) in [4.78, 5) is 33.1. The largest absolute Gasteiger partial charge is 0.341 e. The molecule has 29 heavy (non-hydrogen) atoms. The average molecular weight is 408 g/mol. The Balaban J connectivity index is 1.76. The molecule has 1 atom stereocenters. The molecule has 0 bridgehead atoms. The molecule has 1 amide bonds. The summed E-state index contributed by atoms with van der Waals surface area (Å²) < 4.78 is 1.67. The molecule has 0 aliphatic carbocycles. The van der Waals surface area contributed by atoms with Crippen LogP contribution in [0.2, 0.25) is 0 Å². The Hall–Kier alpha value is -2.60. The number of carbonyl (C=O) groups is 1. The number of amides is 1. The van der Waals surface area contributed by atoms with Gasteiger partial charge in [0.05, 0.1) is 10.9 Å². The Bertz CT molecular complexity index is 1060. The van der Waals surface area contributed by atoms with E-state index in [0.29, 0.717) is 22.6 Å². The summed E-state index contributed by atoms with van der Waals surface area (Å²) in [7, 11) is 0. The van der Waals surface area contributed by atoms with E-state index >= 15 is 0 Å². The highest BCUT2D eigenvalue weighted by Gasteiger charge is 2.29. The summed E-state index contributed by atoms with van der Waals surface area (Å²) in [5, 5.41) is 0.785. The fourth-order valence-electron chi connectivity index (χ4n) is 3.79. The van der Waals surface area contributed by atoms with Crippen LogP contribution in [0.3, 0.4) is 0 Å². The van der Waals surface area contributed by atoms with Crippen LogP contribution in [-0.4, -0.2) is 33.4 Å². The minimum atomic E-state index is -0.417. The Morgan fingerprint density at radius 1 is 1.03 bits per heavy atom. The summed E-state index contributed by atoms with van der Waals surface area (Å²) in [6.45, 7) is 4.05. The van der Waals surface area contributed by atoms with E-state index < -0.39 is 5.25 Å². The molecular weight excluding hydrogens is 382 g/mol. The second-order valence-electron chi connectivity index (χ2n) is 7.26. The van der Waals surface area contributed by atoms with Gasteiger partial charge in [0.1, 0.15) is 5.25 Å². The van der Waals surface area contributed by atoms with Gasteiger partial charge in [-0.1, -0.05) is 54.2 Å². The van der Waals surface area contributed by atoms with Gasteiger partial charge in [-0.15, -0.1) is 0 Å². The molecule has 3 aromatic rings. The van der Waals surface area contributed by atoms with E-state index in [0.717, 1.165) is 31.5 Å². The third kappa shape index (κ3) is 4.08. The first-order valence-corrected chi connectivity index (χ1v) is 11.1. The average Bonchev–Trinajstić information content (AvgIpc) is 2.78. The van der Waals surface area contributed by atoms with Crippen molar-refractivity contribution < 1.29 is 4.79 Å². The molecule has 1 saturated heterocycles. The minimum Gasteiger partial charge on any atom is -0.341 e. The molecule has 0 spiro atoms. The third-order valence-electron chi connectivity index (χ3n) is 5.36. The smallest absolute Gasteiger partial charge is 0.262 e. The summed E-state index contributed by atoms with van der Waals surface area (Å²) in [5.41, 5.74) is 1.55. The number of hydrogen-bond acceptors (Lipinski definition) is 4. The van der Waals surface area contributed by atoms with Crippen LogP contribution in [0.15, 0.2) is 64.5 Å². The molecule has 5 nitrogen and oxygen atoms in total. The molecule has 0 unspecified atom stereocenters. The van der Waals surface area contributed by atoms with E-state index in [4.69, 9.17) is 4.98 Å². The fourth-order valence-corrected chi connectivity index (χ4v) is 5.04. The molecule has 1 fully saturated rings. The first kappa shape index (κ1) is 19.7. The van der Waals surface area contributed by atoms with Gasteiger partial charge in [0.25, 0.3) is 5.56 Å². The van der Waals surface area contributed by atoms with Crippen LogP contribution in [-0.2, 0) is 11.3 Å². The van der Waals surface area contributed by atoms with Crippen LogP contribution >= 0.6 is 11.8 Å². The lowest BCUT2D eigenvalue weighted by Crippen LogP contribution is -2.38. The van der Waals surface area contributed by atoms with Gasteiger partial charge >= 0.3 is 0 Å². The standard InChI is InChI=1S/C23H25N3O2S/c1-2-26-21(27)18-13-7-8-14-19(18)24-23(26)29-20(17-11-5-3-6-12-17)22(28)25-15-9-4-10-16-25/h3,5-8,11-14,20H,2,4,9-10,15-16H2,1H3/t20-/m0/s1. The van der Waals surface area contributed by atoms with E-state index in [1.807, 2.05) is 60.4 Å². The van der Waals surface area contributed by atoms with Crippen molar-refractivity contribution in [2.75, 3.05) is 13.1 Å². The number of aromatic nitrogens is 2. The quantitative estimate of drug-likeness (QED) is 0.468. The molecule has 4 rings (SSSR count). The molecule has 2 aromatic carbocycles. The summed E-state index contributed by atoms with van der Waals surface area (Å²) in [6, 6.07) is 17.2. The van der Waals surface area contributed by atoms with Gasteiger partial charge in [-0.05, 0) is 43.9 Å². The van der Waals surface area contributed by atoms with Crippen molar-refractivity contribution in [2.24, 2.45) is 0 Å². The van der Waals surface area contributed by atoms with Crippen LogP contribution in [0.1, 0.15) is 37.0 Å². The maximum atomic E-state index is 13.4. The van der Waals surface area contributed by atoms with Crippen LogP contribution in [0.5, 0.6) is 0 Å². The van der Waals surface area contributed by atoms with Crippen LogP contribution in [0.4, 0.5) is 0 Å². The number of rotatable bonds is 5. The number of fused-ring (bicyclic) bond motifs is 1. The van der Waals surface area contributed by atoms with Crippen molar-refractivity contribution in [3.63, 3.8) is 0 Å². The predicted octanol–water partition coefficient (Wildman–Crippen LogP) is 4.26. The molecule has 1 aliphatic heterocycles. The Kier molecular flexibility index (Phi) is 6.00. The molecule has 6 heteroatoms. The highest BCUT2D eigenvalue weighted by molar-refractivity contribution is 8.00. The minimum absolute atomic E-state index is 0.0576. The number of likely N-dealkylation sites (tertiary alicyclic amines) is 1. The molecule has 0 N–H and O–H groups in total. The number of thioether (sulfide) groups is 1.